The lowest BCUT2D eigenvalue weighted by molar-refractivity contribution is -0.0487. The van der Waals surface area contributed by atoms with E-state index in [1.165, 1.54) is 30.4 Å². The highest BCUT2D eigenvalue weighted by Crippen LogP contribution is 2.63. The third kappa shape index (κ3) is 1.89. The van der Waals surface area contributed by atoms with Crippen LogP contribution < -0.4 is 0 Å². The molecule has 2 nitrogen and oxygen atoms in total. The Hall–Kier alpha value is -1.02. The monoisotopic (exact) mass is 300 g/mol. The molecule has 2 saturated carbocycles. The Morgan fingerprint density at radius 3 is 2.82 bits per heavy atom. The lowest BCUT2D eigenvalue weighted by Gasteiger charge is -2.53. The molecule has 0 saturated heterocycles. The molecule has 4 rings (SSSR count). The predicted molar refractivity (Wildman–Crippen MR) is 87.9 cm³/mol. The topological polar surface area (TPSA) is 40.5 Å². The summed E-state index contributed by atoms with van der Waals surface area (Å²) in [6.07, 6.45) is 6.75. The number of aliphatic hydroxyl groups excluding tert-OH is 1. The normalized spacial score (nSPS) is 43.3. The number of phenolic OH excluding ortho intramolecular Hbond substituents is 1. The Morgan fingerprint density at radius 2 is 2.05 bits per heavy atom. The summed E-state index contributed by atoms with van der Waals surface area (Å²) in [7, 11) is 0. The van der Waals surface area contributed by atoms with Crippen LogP contribution in [0.3, 0.4) is 0 Å². The zero-order valence-corrected chi connectivity index (χ0v) is 13.8. The maximum absolute atomic E-state index is 10.6. The van der Waals surface area contributed by atoms with Crippen LogP contribution in [0.5, 0.6) is 5.75 Å². The minimum Gasteiger partial charge on any atom is -0.508 e. The Labute approximate surface area is 133 Å². The molecule has 0 amide bonds. The molecule has 0 aliphatic heterocycles. The van der Waals surface area contributed by atoms with E-state index in [-0.39, 0.29) is 11.5 Å². The Morgan fingerprint density at radius 1 is 1.23 bits per heavy atom. The van der Waals surface area contributed by atoms with E-state index in [9.17, 15) is 10.2 Å². The summed E-state index contributed by atoms with van der Waals surface area (Å²) in [5, 5.41) is 20.4. The van der Waals surface area contributed by atoms with Gasteiger partial charge >= 0.3 is 0 Å². The average molecular weight is 300 g/mol. The SMILES string of the molecule is CC[C@H]1C[C@@]2(C)C(CC[C@@H]2O)C2CCc3cc(O)ccc3C21. The molecule has 3 aliphatic rings. The van der Waals surface area contributed by atoms with Gasteiger partial charge in [-0.15, -0.1) is 0 Å². The molecular weight excluding hydrogens is 272 g/mol. The van der Waals surface area contributed by atoms with Crippen LogP contribution in [0.4, 0.5) is 0 Å². The molecule has 1 aromatic carbocycles. The molecule has 2 N–H and O–H groups in total. The highest BCUT2D eigenvalue weighted by molar-refractivity contribution is 5.40. The molecule has 2 fully saturated rings. The Balaban J connectivity index is 1.78. The van der Waals surface area contributed by atoms with Gasteiger partial charge in [0.1, 0.15) is 5.75 Å². The van der Waals surface area contributed by atoms with Crippen LogP contribution in [0.2, 0.25) is 0 Å². The molecule has 0 spiro atoms. The first-order valence-corrected chi connectivity index (χ1v) is 9.04. The minimum absolute atomic E-state index is 0.103. The molecule has 3 aliphatic carbocycles. The Kier molecular flexibility index (Phi) is 3.30. The van der Waals surface area contributed by atoms with Crippen molar-refractivity contribution in [1.82, 2.24) is 0 Å². The highest BCUT2D eigenvalue weighted by Gasteiger charge is 2.57. The second-order valence-corrected chi connectivity index (χ2v) is 8.19. The van der Waals surface area contributed by atoms with Crippen molar-refractivity contribution in [3.05, 3.63) is 29.3 Å². The molecule has 0 radical (unpaired) electrons. The van der Waals surface area contributed by atoms with Gasteiger partial charge < -0.3 is 10.2 Å². The number of hydrogen-bond donors (Lipinski definition) is 2. The molecule has 0 aromatic heterocycles. The first-order valence-electron chi connectivity index (χ1n) is 9.04. The van der Waals surface area contributed by atoms with E-state index in [0.29, 0.717) is 23.5 Å². The summed E-state index contributed by atoms with van der Waals surface area (Å²) in [4.78, 5) is 0. The van der Waals surface area contributed by atoms with Crippen LogP contribution in [0.15, 0.2) is 18.2 Å². The quantitative estimate of drug-likeness (QED) is 0.814. The van der Waals surface area contributed by atoms with E-state index >= 15 is 0 Å². The largest absolute Gasteiger partial charge is 0.508 e. The third-order valence-corrected chi connectivity index (χ3v) is 7.30. The van der Waals surface area contributed by atoms with Crippen molar-refractivity contribution < 1.29 is 10.2 Å². The smallest absolute Gasteiger partial charge is 0.115 e. The summed E-state index contributed by atoms with van der Waals surface area (Å²) >= 11 is 0. The van der Waals surface area contributed by atoms with Gasteiger partial charge in [-0.1, -0.05) is 26.3 Å². The van der Waals surface area contributed by atoms with Gasteiger partial charge in [0.05, 0.1) is 6.10 Å². The summed E-state index contributed by atoms with van der Waals surface area (Å²) in [6.45, 7) is 4.65. The molecule has 2 heteroatoms. The van der Waals surface area contributed by atoms with Crippen molar-refractivity contribution in [1.29, 1.82) is 0 Å². The van der Waals surface area contributed by atoms with E-state index in [1.54, 1.807) is 0 Å². The maximum Gasteiger partial charge on any atom is 0.115 e. The van der Waals surface area contributed by atoms with Crippen LogP contribution in [0.25, 0.3) is 0 Å². The van der Waals surface area contributed by atoms with Gasteiger partial charge in [0.15, 0.2) is 0 Å². The van der Waals surface area contributed by atoms with Gasteiger partial charge in [0, 0.05) is 0 Å². The number of aliphatic hydroxyl groups is 1. The fourth-order valence-corrected chi connectivity index (χ4v) is 6.25. The van der Waals surface area contributed by atoms with Gasteiger partial charge in [-0.05, 0) is 84.5 Å². The Bertz CT molecular complexity index is 581. The van der Waals surface area contributed by atoms with E-state index in [0.717, 1.165) is 25.2 Å². The number of hydrogen-bond acceptors (Lipinski definition) is 2. The first kappa shape index (κ1) is 14.6. The second kappa shape index (κ2) is 4.99. The van der Waals surface area contributed by atoms with E-state index in [4.69, 9.17) is 0 Å². The van der Waals surface area contributed by atoms with Crippen LogP contribution in [-0.2, 0) is 6.42 Å². The van der Waals surface area contributed by atoms with E-state index < -0.39 is 0 Å². The summed E-state index contributed by atoms with van der Waals surface area (Å²) in [6, 6.07) is 6.03. The first-order chi connectivity index (χ1) is 10.5. The minimum atomic E-state index is -0.103. The van der Waals surface area contributed by atoms with Crippen molar-refractivity contribution in [2.75, 3.05) is 0 Å². The molecule has 6 atom stereocenters. The summed E-state index contributed by atoms with van der Waals surface area (Å²) < 4.78 is 0. The summed E-state index contributed by atoms with van der Waals surface area (Å²) in [5.41, 5.74) is 2.99. The van der Waals surface area contributed by atoms with Crippen LogP contribution in [0, 0.1) is 23.2 Å². The number of benzene rings is 1. The predicted octanol–water partition coefficient (Wildman–Crippen LogP) is 4.25. The number of phenols is 1. The van der Waals surface area contributed by atoms with Gasteiger partial charge in [0.2, 0.25) is 0 Å². The lowest BCUT2D eigenvalue weighted by atomic mass is 9.51. The fourth-order valence-electron chi connectivity index (χ4n) is 6.25. The number of aromatic hydroxyl groups is 1. The molecular formula is C20H28O2. The van der Waals surface area contributed by atoms with Crippen LogP contribution >= 0.6 is 0 Å². The van der Waals surface area contributed by atoms with Crippen molar-refractivity contribution in [2.45, 2.75) is 64.4 Å². The molecule has 120 valence electrons. The highest BCUT2D eigenvalue weighted by atomic mass is 16.3. The molecule has 3 unspecified atom stereocenters. The zero-order valence-electron chi connectivity index (χ0n) is 13.8. The third-order valence-electron chi connectivity index (χ3n) is 7.30. The van der Waals surface area contributed by atoms with E-state index in [1.807, 2.05) is 12.1 Å². The van der Waals surface area contributed by atoms with Crippen LogP contribution in [-0.4, -0.2) is 16.3 Å². The molecule has 22 heavy (non-hydrogen) atoms. The second-order valence-electron chi connectivity index (χ2n) is 8.19. The number of fused-ring (bicyclic) bond motifs is 5. The molecule has 0 bridgehead atoms. The molecule has 1 aromatic rings. The van der Waals surface area contributed by atoms with Crippen molar-refractivity contribution in [3.63, 3.8) is 0 Å². The van der Waals surface area contributed by atoms with E-state index in [2.05, 4.69) is 19.9 Å². The van der Waals surface area contributed by atoms with Gasteiger partial charge in [-0.2, -0.15) is 0 Å². The number of aryl methyl sites for hydroxylation is 1. The van der Waals surface area contributed by atoms with Crippen molar-refractivity contribution >= 4 is 0 Å². The number of rotatable bonds is 1. The summed E-state index contributed by atoms with van der Waals surface area (Å²) in [5.74, 6) is 3.11. The maximum atomic E-state index is 10.6. The standard InChI is InChI=1S/C20H28O2/c1-3-12-11-20(2)17(8-9-18(20)22)16-6-4-13-10-14(21)5-7-15(13)19(12)16/h5,7,10,12,16-19,21-22H,3-4,6,8-9,11H2,1-2H3/t12-,16?,17?,18-,19?,20-/m0/s1. The zero-order chi connectivity index (χ0) is 15.5. The van der Waals surface area contributed by atoms with Crippen molar-refractivity contribution in [3.8, 4) is 5.75 Å². The fraction of sp³-hybridized carbons (Fsp3) is 0.700. The lowest BCUT2D eigenvalue weighted by Crippen LogP contribution is -2.47. The van der Waals surface area contributed by atoms with Gasteiger partial charge in [-0.25, -0.2) is 0 Å². The van der Waals surface area contributed by atoms with Gasteiger partial charge in [0.25, 0.3) is 0 Å². The van der Waals surface area contributed by atoms with Gasteiger partial charge in [-0.3, -0.25) is 0 Å². The average Bonchev–Trinajstić information content (AvgIpc) is 2.81. The molecule has 0 heterocycles. The van der Waals surface area contributed by atoms with Crippen molar-refractivity contribution in [2.24, 2.45) is 23.2 Å². The van der Waals surface area contributed by atoms with Crippen LogP contribution in [0.1, 0.15) is 63.0 Å².